The van der Waals surface area contributed by atoms with Gasteiger partial charge in [0.25, 0.3) is 0 Å². The number of carbonyl (C=O) groups is 1. The summed E-state index contributed by atoms with van der Waals surface area (Å²) in [5.74, 6) is -0.702. The molecule has 0 aliphatic rings. The summed E-state index contributed by atoms with van der Waals surface area (Å²) in [7, 11) is -3.52. The van der Waals surface area contributed by atoms with Gasteiger partial charge in [0.2, 0.25) is 5.91 Å². The molecule has 3 rings (SSSR count). The van der Waals surface area contributed by atoms with Crippen molar-refractivity contribution >= 4 is 15.7 Å². The number of benzene rings is 3. The zero-order valence-corrected chi connectivity index (χ0v) is 17.6. The fraction of sp³-hybridized carbons (Fsp3) is 0.208. The van der Waals surface area contributed by atoms with E-state index in [0.29, 0.717) is 5.56 Å². The second-order valence-electron chi connectivity index (χ2n) is 7.38. The number of rotatable bonds is 8. The molecule has 3 aromatic carbocycles. The van der Waals surface area contributed by atoms with E-state index < -0.39 is 21.3 Å². The fourth-order valence-electron chi connectivity index (χ4n) is 3.09. The van der Waals surface area contributed by atoms with Gasteiger partial charge < -0.3 is 10.4 Å². The third-order valence-electron chi connectivity index (χ3n) is 4.94. The van der Waals surface area contributed by atoms with Crippen LogP contribution in [0.2, 0.25) is 0 Å². The number of amides is 1. The van der Waals surface area contributed by atoms with Crippen LogP contribution in [-0.4, -0.2) is 31.7 Å². The molecule has 0 aliphatic heterocycles. The first-order valence-electron chi connectivity index (χ1n) is 9.71. The first-order valence-corrected chi connectivity index (χ1v) is 11.4. The molecule has 0 bridgehead atoms. The van der Waals surface area contributed by atoms with Gasteiger partial charge >= 0.3 is 0 Å². The summed E-state index contributed by atoms with van der Waals surface area (Å²) in [5, 5.41) is 13.4. The summed E-state index contributed by atoms with van der Waals surface area (Å²) in [6.07, 6.45) is -0.166. The summed E-state index contributed by atoms with van der Waals surface area (Å²) in [5.41, 5.74) is 1.50. The quantitative estimate of drug-likeness (QED) is 0.580. The Hall–Kier alpha value is -2.96. The van der Waals surface area contributed by atoms with Crippen molar-refractivity contribution in [3.63, 3.8) is 0 Å². The highest BCUT2D eigenvalue weighted by Gasteiger charge is 2.24. The minimum absolute atomic E-state index is 0.0120. The second kappa shape index (κ2) is 9.24. The van der Waals surface area contributed by atoms with E-state index in [2.05, 4.69) is 5.32 Å². The van der Waals surface area contributed by atoms with Gasteiger partial charge in [-0.15, -0.1) is 0 Å². The summed E-state index contributed by atoms with van der Waals surface area (Å²) in [6.45, 7) is 1.60. The molecular weight excluding hydrogens is 398 g/mol. The van der Waals surface area contributed by atoms with Crippen molar-refractivity contribution in [3.8, 4) is 11.1 Å². The van der Waals surface area contributed by atoms with Crippen molar-refractivity contribution in [2.45, 2.75) is 23.8 Å². The van der Waals surface area contributed by atoms with E-state index in [9.17, 15) is 18.3 Å². The molecule has 2 N–H and O–H groups in total. The van der Waals surface area contributed by atoms with Crippen molar-refractivity contribution in [1.29, 1.82) is 0 Å². The molecule has 0 aliphatic carbocycles. The average molecular weight is 424 g/mol. The van der Waals surface area contributed by atoms with Crippen LogP contribution in [0.5, 0.6) is 0 Å². The SMILES string of the molecule is C[C@](O)(CNC(=O)CCS(=O)(=O)c1ccccc1)c1ccc(-c2ccccc2)cc1. The van der Waals surface area contributed by atoms with E-state index in [1.54, 1.807) is 25.1 Å². The summed E-state index contributed by atoms with van der Waals surface area (Å²) >= 11 is 0. The van der Waals surface area contributed by atoms with Crippen LogP contribution in [0.1, 0.15) is 18.9 Å². The molecule has 6 heteroatoms. The van der Waals surface area contributed by atoms with Gasteiger partial charge in [0, 0.05) is 6.42 Å². The van der Waals surface area contributed by atoms with Crippen LogP contribution < -0.4 is 5.32 Å². The van der Waals surface area contributed by atoms with Crippen LogP contribution in [0.4, 0.5) is 0 Å². The van der Waals surface area contributed by atoms with Gasteiger partial charge in [-0.05, 0) is 35.7 Å². The Kier molecular flexibility index (Phi) is 6.70. The van der Waals surface area contributed by atoms with Crippen molar-refractivity contribution < 1.29 is 18.3 Å². The number of hydrogen-bond donors (Lipinski definition) is 2. The lowest BCUT2D eigenvalue weighted by molar-refractivity contribution is -0.121. The molecular formula is C24H25NO4S. The van der Waals surface area contributed by atoms with Crippen molar-refractivity contribution in [2.24, 2.45) is 0 Å². The Balaban J connectivity index is 1.56. The number of aliphatic hydroxyl groups is 1. The van der Waals surface area contributed by atoms with Crippen molar-refractivity contribution in [3.05, 3.63) is 90.5 Å². The number of hydrogen-bond acceptors (Lipinski definition) is 4. The summed E-state index contributed by atoms with van der Waals surface area (Å²) in [6, 6.07) is 25.5. The molecule has 30 heavy (non-hydrogen) atoms. The molecule has 0 unspecified atom stereocenters. The third kappa shape index (κ3) is 5.55. The van der Waals surface area contributed by atoms with Gasteiger partial charge in [-0.1, -0.05) is 72.8 Å². The molecule has 0 radical (unpaired) electrons. The van der Waals surface area contributed by atoms with E-state index in [-0.39, 0.29) is 23.6 Å². The first kappa shape index (κ1) is 21.7. The second-order valence-corrected chi connectivity index (χ2v) is 9.49. The first-order chi connectivity index (χ1) is 14.3. The van der Waals surface area contributed by atoms with Crippen molar-refractivity contribution in [1.82, 2.24) is 5.32 Å². The monoisotopic (exact) mass is 423 g/mol. The van der Waals surface area contributed by atoms with Crippen molar-refractivity contribution in [2.75, 3.05) is 12.3 Å². The van der Waals surface area contributed by atoms with Gasteiger partial charge in [0.15, 0.2) is 9.84 Å². The fourth-order valence-corrected chi connectivity index (χ4v) is 4.35. The van der Waals surface area contributed by atoms with Crippen LogP contribution in [0.3, 0.4) is 0 Å². The number of carbonyl (C=O) groups excluding carboxylic acids is 1. The normalized spacial score (nSPS) is 13.4. The van der Waals surface area contributed by atoms with Gasteiger partial charge in [-0.2, -0.15) is 0 Å². The lowest BCUT2D eigenvalue weighted by Gasteiger charge is -2.24. The van der Waals surface area contributed by atoms with Crippen LogP contribution >= 0.6 is 0 Å². The maximum Gasteiger partial charge on any atom is 0.221 e. The molecule has 0 saturated heterocycles. The Morgan fingerprint density at radius 2 is 1.40 bits per heavy atom. The minimum Gasteiger partial charge on any atom is -0.384 e. The molecule has 0 saturated carbocycles. The Morgan fingerprint density at radius 1 is 0.867 bits per heavy atom. The zero-order chi connectivity index (χ0) is 21.6. The average Bonchev–Trinajstić information content (AvgIpc) is 2.78. The Labute approximate surface area is 177 Å². The predicted octanol–water partition coefficient (Wildman–Crippen LogP) is 3.54. The highest BCUT2D eigenvalue weighted by atomic mass is 32.2. The van der Waals surface area contributed by atoms with Gasteiger partial charge in [0.05, 0.1) is 17.2 Å². The topological polar surface area (TPSA) is 83.5 Å². The van der Waals surface area contributed by atoms with Crippen LogP contribution in [0, 0.1) is 0 Å². The number of nitrogens with one attached hydrogen (secondary N) is 1. The molecule has 0 fully saturated rings. The number of sulfone groups is 1. The molecule has 1 amide bonds. The lowest BCUT2D eigenvalue weighted by Crippen LogP contribution is -2.39. The molecule has 1 atom stereocenters. The lowest BCUT2D eigenvalue weighted by atomic mass is 9.93. The zero-order valence-electron chi connectivity index (χ0n) is 16.8. The maximum atomic E-state index is 12.3. The smallest absolute Gasteiger partial charge is 0.221 e. The molecule has 3 aromatic rings. The van der Waals surface area contributed by atoms with E-state index in [1.165, 1.54) is 12.1 Å². The van der Waals surface area contributed by atoms with Crippen LogP contribution in [0.15, 0.2) is 89.8 Å². The standard InChI is InChI=1S/C24H25NO4S/c1-24(27,21-14-12-20(13-15-21)19-8-4-2-5-9-19)18-25-23(26)16-17-30(28,29)22-10-6-3-7-11-22/h2-15,27H,16-18H2,1H3,(H,25,26)/t24-/m0/s1. The Morgan fingerprint density at radius 3 is 2.00 bits per heavy atom. The van der Waals surface area contributed by atoms with Gasteiger partial charge in [0.1, 0.15) is 5.60 Å². The molecule has 0 spiro atoms. The highest BCUT2D eigenvalue weighted by molar-refractivity contribution is 7.91. The van der Waals surface area contributed by atoms with E-state index >= 15 is 0 Å². The van der Waals surface area contributed by atoms with Crippen LogP contribution in [0.25, 0.3) is 11.1 Å². The maximum absolute atomic E-state index is 12.3. The van der Waals surface area contributed by atoms with E-state index in [1.807, 2.05) is 54.6 Å². The third-order valence-corrected chi connectivity index (χ3v) is 6.68. The van der Waals surface area contributed by atoms with Gasteiger partial charge in [-0.25, -0.2) is 8.42 Å². The minimum atomic E-state index is -3.52. The van der Waals surface area contributed by atoms with E-state index in [0.717, 1.165) is 11.1 Å². The summed E-state index contributed by atoms with van der Waals surface area (Å²) in [4.78, 5) is 12.3. The van der Waals surface area contributed by atoms with Crippen LogP contribution in [-0.2, 0) is 20.2 Å². The highest BCUT2D eigenvalue weighted by Crippen LogP contribution is 2.24. The molecule has 5 nitrogen and oxygen atoms in total. The molecule has 156 valence electrons. The van der Waals surface area contributed by atoms with E-state index in [4.69, 9.17) is 0 Å². The predicted molar refractivity (Wildman–Crippen MR) is 118 cm³/mol. The molecule has 0 aromatic heterocycles. The van der Waals surface area contributed by atoms with Gasteiger partial charge in [-0.3, -0.25) is 4.79 Å². The summed E-state index contributed by atoms with van der Waals surface area (Å²) < 4.78 is 24.6. The Bertz CT molecular complexity index is 1080. The molecule has 0 heterocycles. The largest absolute Gasteiger partial charge is 0.384 e.